The van der Waals surface area contributed by atoms with E-state index in [0.717, 1.165) is 28.0 Å². The first kappa shape index (κ1) is 21.5. The van der Waals surface area contributed by atoms with E-state index in [0.29, 0.717) is 47.8 Å². The van der Waals surface area contributed by atoms with Crippen molar-refractivity contribution in [3.63, 3.8) is 0 Å². The van der Waals surface area contributed by atoms with E-state index in [1.54, 1.807) is 6.07 Å². The van der Waals surface area contributed by atoms with Gasteiger partial charge in [0, 0.05) is 28.2 Å². The Kier molecular flexibility index (Phi) is 6.97. The molecule has 1 aromatic heterocycles. The van der Waals surface area contributed by atoms with Crippen LogP contribution in [-0.2, 0) is 19.7 Å². The minimum atomic E-state index is 0.333. The highest BCUT2D eigenvalue weighted by Gasteiger charge is 2.12. The Hall–Kier alpha value is -2.73. The molecule has 0 aliphatic rings. The van der Waals surface area contributed by atoms with Crippen LogP contribution in [0.1, 0.15) is 23.9 Å². The number of H-pyrrole nitrogens is 1. The fraction of sp³-hybridized carbons (Fsp3) is 0.208. The van der Waals surface area contributed by atoms with Crippen molar-refractivity contribution in [2.75, 3.05) is 6.61 Å². The van der Waals surface area contributed by atoms with Gasteiger partial charge in [0.1, 0.15) is 12.4 Å². The normalized spacial score (nSPS) is 11.1. The number of aromatic amines is 1. The molecule has 4 rings (SSSR count). The van der Waals surface area contributed by atoms with Gasteiger partial charge in [0.05, 0.1) is 24.2 Å². The Balaban J connectivity index is 1.43. The van der Waals surface area contributed by atoms with Crippen LogP contribution >= 0.6 is 23.2 Å². The molecule has 0 radical (unpaired) electrons. The number of hydrogen-bond acceptors (Lipinski definition) is 4. The molecule has 7 heteroatoms. The zero-order chi connectivity index (χ0) is 21.6. The van der Waals surface area contributed by atoms with Crippen LogP contribution < -0.4 is 14.8 Å². The summed E-state index contributed by atoms with van der Waals surface area (Å²) in [4.78, 5) is 7.89. The van der Waals surface area contributed by atoms with Crippen molar-refractivity contribution in [2.24, 2.45) is 0 Å². The van der Waals surface area contributed by atoms with Gasteiger partial charge in [-0.2, -0.15) is 0 Å². The minimum Gasteiger partial charge on any atom is -0.490 e. The molecule has 0 aliphatic heterocycles. The van der Waals surface area contributed by atoms with E-state index in [1.165, 1.54) is 0 Å². The summed E-state index contributed by atoms with van der Waals surface area (Å²) in [5.41, 5.74) is 3.80. The van der Waals surface area contributed by atoms with Gasteiger partial charge in [0.2, 0.25) is 0 Å². The first-order chi connectivity index (χ1) is 15.1. The average molecular weight is 456 g/mol. The van der Waals surface area contributed by atoms with Crippen LogP contribution in [0.2, 0.25) is 10.0 Å². The van der Waals surface area contributed by atoms with Crippen molar-refractivity contribution in [3.8, 4) is 11.5 Å². The van der Waals surface area contributed by atoms with Crippen molar-refractivity contribution in [2.45, 2.75) is 26.6 Å². The van der Waals surface area contributed by atoms with Gasteiger partial charge in [0.25, 0.3) is 0 Å². The topological polar surface area (TPSA) is 59.2 Å². The summed E-state index contributed by atoms with van der Waals surface area (Å²) in [5.74, 6) is 2.12. The van der Waals surface area contributed by atoms with Crippen LogP contribution in [-0.4, -0.2) is 16.6 Å². The summed E-state index contributed by atoms with van der Waals surface area (Å²) in [6.45, 7) is 3.96. The maximum absolute atomic E-state index is 6.54. The Morgan fingerprint density at radius 3 is 2.45 bits per heavy atom. The monoisotopic (exact) mass is 455 g/mol. The highest BCUT2D eigenvalue weighted by molar-refractivity contribution is 6.31. The first-order valence-corrected chi connectivity index (χ1v) is 10.9. The molecule has 0 unspecified atom stereocenters. The molecule has 0 amide bonds. The third kappa shape index (κ3) is 5.31. The Morgan fingerprint density at radius 2 is 1.65 bits per heavy atom. The van der Waals surface area contributed by atoms with Crippen molar-refractivity contribution in [1.29, 1.82) is 0 Å². The molecule has 31 heavy (non-hydrogen) atoms. The largest absolute Gasteiger partial charge is 0.490 e. The van der Waals surface area contributed by atoms with E-state index < -0.39 is 0 Å². The van der Waals surface area contributed by atoms with Gasteiger partial charge in [-0.05, 0) is 36.8 Å². The lowest BCUT2D eigenvalue weighted by atomic mass is 10.2. The quantitative estimate of drug-likeness (QED) is 0.318. The molecule has 5 nitrogen and oxygen atoms in total. The molecule has 4 aromatic rings. The third-order valence-corrected chi connectivity index (χ3v) is 5.52. The standard InChI is InChI=1S/C24H23Cl2N3O2/c1-2-30-22-11-17(13-27-14-24-28-20-9-5-6-10-21(20)29-24)19(26)12-23(22)31-15-16-7-3-4-8-18(16)25/h3-12,27H,2,13-15H2,1H3,(H,28,29). The fourth-order valence-corrected chi connectivity index (χ4v) is 3.68. The number of imidazole rings is 1. The van der Waals surface area contributed by atoms with Crippen LogP contribution in [0, 0.1) is 0 Å². The van der Waals surface area contributed by atoms with Gasteiger partial charge < -0.3 is 19.8 Å². The van der Waals surface area contributed by atoms with Gasteiger partial charge in [0.15, 0.2) is 11.5 Å². The Bertz CT molecular complexity index is 1140. The van der Waals surface area contributed by atoms with Crippen LogP contribution in [0.3, 0.4) is 0 Å². The molecule has 0 atom stereocenters. The SMILES string of the molecule is CCOc1cc(CNCc2nc3ccccc3[nH]2)c(Cl)cc1OCc1ccccc1Cl. The van der Waals surface area contributed by atoms with Crippen LogP contribution in [0.5, 0.6) is 11.5 Å². The molecule has 0 fully saturated rings. The number of nitrogens with zero attached hydrogens (tertiary/aromatic N) is 1. The molecule has 0 bridgehead atoms. The molecular formula is C24H23Cl2N3O2. The third-order valence-electron chi connectivity index (χ3n) is 4.80. The predicted octanol–water partition coefficient (Wildman–Crippen LogP) is 6.14. The Morgan fingerprint density at radius 1 is 0.871 bits per heavy atom. The maximum Gasteiger partial charge on any atom is 0.163 e. The van der Waals surface area contributed by atoms with Crippen molar-refractivity contribution >= 4 is 34.2 Å². The molecule has 0 saturated carbocycles. The molecule has 160 valence electrons. The van der Waals surface area contributed by atoms with Crippen LogP contribution in [0.15, 0.2) is 60.7 Å². The summed E-state index contributed by atoms with van der Waals surface area (Å²) in [5, 5.41) is 4.65. The Labute approximate surface area is 191 Å². The predicted molar refractivity (Wildman–Crippen MR) is 125 cm³/mol. The van der Waals surface area contributed by atoms with Crippen molar-refractivity contribution in [1.82, 2.24) is 15.3 Å². The number of halogens is 2. The van der Waals surface area contributed by atoms with E-state index in [1.807, 2.05) is 61.5 Å². The van der Waals surface area contributed by atoms with E-state index >= 15 is 0 Å². The molecule has 0 aliphatic carbocycles. The number of benzene rings is 3. The fourth-order valence-electron chi connectivity index (χ4n) is 3.27. The van der Waals surface area contributed by atoms with E-state index in [-0.39, 0.29) is 0 Å². The molecule has 3 aromatic carbocycles. The molecular weight excluding hydrogens is 433 g/mol. The lowest BCUT2D eigenvalue weighted by molar-refractivity contribution is 0.269. The summed E-state index contributed by atoms with van der Waals surface area (Å²) >= 11 is 12.8. The second kappa shape index (κ2) is 10.1. The van der Waals surface area contributed by atoms with Crippen LogP contribution in [0.25, 0.3) is 11.0 Å². The van der Waals surface area contributed by atoms with Gasteiger partial charge in [-0.3, -0.25) is 0 Å². The van der Waals surface area contributed by atoms with Gasteiger partial charge in [-0.25, -0.2) is 4.98 Å². The van der Waals surface area contributed by atoms with Gasteiger partial charge >= 0.3 is 0 Å². The number of para-hydroxylation sites is 2. The number of nitrogens with one attached hydrogen (secondary N) is 2. The second-order valence-electron chi connectivity index (χ2n) is 7.01. The van der Waals surface area contributed by atoms with E-state index in [2.05, 4.69) is 15.3 Å². The molecule has 1 heterocycles. The van der Waals surface area contributed by atoms with Crippen molar-refractivity contribution < 1.29 is 9.47 Å². The smallest absolute Gasteiger partial charge is 0.163 e. The lowest BCUT2D eigenvalue weighted by Gasteiger charge is -2.15. The first-order valence-electron chi connectivity index (χ1n) is 10.1. The second-order valence-corrected chi connectivity index (χ2v) is 7.82. The molecule has 0 spiro atoms. The summed E-state index contributed by atoms with van der Waals surface area (Å²) in [7, 11) is 0. The highest BCUT2D eigenvalue weighted by Crippen LogP contribution is 2.34. The van der Waals surface area contributed by atoms with Crippen molar-refractivity contribution in [3.05, 3.63) is 87.7 Å². The minimum absolute atomic E-state index is 0.333. The number of rotatable bonds is 9. The molecule has 2 N–H and O–H groups in total. The number of ether oxygens (including phenoxy) is 2. The zero-order valence-corrected chi connectivity index (χ0v) is 18.6. The summed E-state index contributed by atoms with van der Waals surface area (Å²) < 4.78 is 11.8. The van der Waals surface area contributed by atoms with Gasteiger partial charge in [-0.1, -0.05) is 53.5 Å². The number of fused-ring (bicyclic) bond motifs is 1. The van der Waals surface area contributed by atoms with E-state index in [4.69, 9.17) is 32.7 Å². The number of hydrogen-bond donors (Lipinski definition) is 2. The van der Waals surface area contributed by atoms with E-state index in [9.17, 15) is 0 Å². The van der Waals surface area contributed by atoms with Gasteiger partial charge in [-0.15, -0.1) is 0 Å². The average Bonchev–Trinajstić information content (AvgIpc) is 3.18. The summed E-state index contributed by atoms with van der Waals surface area (Å²) in [6, 6.07) is 19.3. The highest BCUT2D eigenvalue weighted by atomic mass is 35.5. The summed E-state index contributed by atoms with van der Waals surface area (Å²) in [6.07, 6.45) is 0. The molecule has 0 saturated heterocycles. The zero-order valence-electron chi connectivity index (χ0n) is 17.1. The maximum atomic E-state index is 6.54. The lowest BCUT2D eigenvalue weighted by Crippen LogP contribution is -2.14. The number of aromatic nitrogens is 2. The van der Waals surface area contributed by atoms with Crippen LogP contribution in [0.4, 0.5) is 0 Å².